The van der Waals surface area contributed by atoms with E-state index in [-0.39, 0.29) is 29.2 Å². The zero-order chi connectivity index (χ0) is 25.1. The Kier molecular flexibility index (Phi) is 7.93. The van der Waals surface area contributed by atoms with Crippen LogP contribution in [0.15, 0.2) is 29.2 Å². The molecule has 2 aliphatic heterocycles. The van der Waals surface area contributed by atoms with Crippen LogP contribution in [0.3, 0.4) is 0 Å². The second kappa shape index (κ2) is 10.4. The summed E-state index contributed by atoms with van der Waals surface area (Å²) in [6.07, 6.45) is 1.42. The van der Waals surface area contributed by atoms with Crippen LogP contribution in [0.5, 0.6) is 0 Å². The number of nitrogens with one attached hydrogen (secondary N) is 3. The number of amidine groups is 1. The van der Waals surface area contributed by atoms with Crippen LogP contribution in [0, 0.1) is 18.3 Å². The summed E-state index contributed by atoms with van der Waals surface area (Å²) in [7, 11) is -4.48. The molecule has 0 saturated carbocycles. The van der Waals surface area contributed by atoms with Gasteiger partial charge >= 0.3 is 5.97 Å². The molecule has 1 amide bonds. The second-order valence-electron chi connectivity index (χ2n) is 8.87. The predicted octanol–water partition coefficient (Wildman–Crippen LogP) is -0.718. The average Bonchev–Trinajstić information content (AvgIpc) is 3.26. The molecule has 8 N–H and O–H groups in total. The number of rotatable bonds is 9. The Morgan fingerprint density at radius 1 is 1.29 bits per heavy atom. The van der Waals surface area contributed by atoms with Crippen LogP contribution in [0.25, 0.3) is 0 Å². The van der Waals surface area contributed by atoms with Gasteiger partial charge < -0.3 is 21.9 Å². The molecule has 188 valence electrons. The first kappa shape index (κ1) is 26.0. The highest BCUT2D eigenvalue weighted by Crippen LogP contribution is 2.25. The van der Waals surface area contributed by atoms with Crippen LogP contribution in [-0.2, 0) is 24.3 Å². The number of carboxylic acid groups (broad SMARTS) is 1. The number of benzene rings is 1. The lowest BCUT2D eigenvalue weighted by atomic mass is 9.95. The van der Waals surface area contributed by atoms with Gasteiger partial charge in [-0.15, -0.1) is 0 Å². The molecule has 13 heteroatoms. The first-order valence-electron chi connectivity index (χ1n) is 11.0. The zero-order valence-corrected chi connectivity index (χ0v) is 19.8. The first-order chi connectivity index (χ1) is 15.9. The van der Waals surface area contributed by atoms with Gasteiger partial charge in [-0.1, -0.05) is 17.7 Å². The standard InChI is InChI=1S/C21H32N6O6S/c1-13-2-4-16(5-3-13)34(31,32)21(24,20(29)30)12-25-18(28)11-15-10-17(26-33-15)27-8-6-14(7-9-27)19(22)23/h2-5,14-15,17,26H,6-12,24H2,1H3,(H3,22,23)(H,25,28)(H,29,30)/t15-,17-,21+/m1/s1. The van der Waals surface area contributed by atoms with Crippen molar-refractivity contribution in [3.8, 4) is 0 Å². The Hall–Kier alpha value is -2.58. The molecule has 0 spiro atoms. The van der Waals surface area contributed by atoms with Gasteiger partial charge in [-0.25, -0.2) is 13.2 Å². The van der Waals surface area contributed by atoms with Crippen molar-refractivity contribution in [1.82, 2.24) is 15.7 Å². The lowest BCUT2D eigenvalue weighted by Gasteiger charge is -2.34. The topological polar surface area (TPSA) is 201 Å². The molecule has 2 aliphatic rings. The van der Waals surface area contributed by atoms with Gasteiger partial charge in [0, 0.05) is 25.4 Å². The lowest BCUT2D eigenvalue weighted by Crippen LogP contribution is -2.61. The van der Waals surface area contributed by atoms with Crippen molar-refractivity contribution >= 4 is 27.5 Å². The predicted molar refractivity (Wildman–Crippen MR) is 123 cm³/mol. The Balaban J connectivity index is 1.54. The number of hydrogen-bond donors (Lipinski definition) is 6. The Morgan fingerprint density at radius 3 is 2.47 bits per heavy atom. The quantitative estimate of drug-likeness (QED) is 0.187. The third-order valence-corrected chi connectivity index (χ3v) is 8.57. The Morgan fingerprint density at radius 2 is 1.91 bits per heavy atom. The minimum Gasteiger partial charge on any atom is -0.479 e. The SMILES string of the molecule is Cc1ccc(S(=O)(=O)[C@@](N)(CNC(=O)C[C@H]2C[C@@H](N3CCC(C(=N)N)CC3)NO2)C(=O)O)cc1. The van der Waals surface area contributed by atoms with E-state index in [0.717, 1.165) is 31.5 Å². The van der Waals surface area contributed by atoms with Crippen molar-refractivity contribution in [1.29, 1.82) is 5.41 Å². The number of aryl methyl sites for hydroxylation is 1. The summed E-state index contributed by atoms with van der Waals surface area (Å²) in [6, 6.07) is 5.65. The van der Waals surface area contributed by atoms with Crippen molar-refractivity contribution in [2.45, 2.75) is 54.6 Å². The number of aliphatic carboxylic acids is 1. The van der Waals surface area contributed by atoms with Gasteiger partial charge in [-0.2, -0.15) is 5.48 Å². The normalized spacial score (nSPS) is 23.8. The lowest BCUT2D eigenvalue weighted by molar-refractivity contribution is -0.140. The van der Waals surface area contributed by atoms with Crippen molar-refractivity contribution in [3.63, 3.8) is 0 Å². The fourth-order valence-corrected chi connectivity index (χ4v) is 5.52. The van der Waals surface area contributed by atoms with Crippen molar-refractivity contribution < 1.29 is 28.0 Å². The van der Waals surface area contributed by atoms with Gasteiger partial charge in [0.15, 0.2) is 0 Å². The molecule has 3 rings (SSSR count). The molecule has 0 radical (unpaired) electrons. The van der Waals surface area contributed by atoms with E-state index in [9.17, 15) is 23.1 Å². The summed E-state index contributed by atoms with van der Waals surface area (Å²) in [5, 5.41) is 19.5. The largest absolute Gasteiger partial charge is 0.479 e. The minimum atomic E-state index is -4.48. The molecular formula is C21H32N6O6S. The van der Waals surface area contributed by atoms with Crippen molar-refractivity contribution in [3.05, 3.63) is 29.8 Å². The molecule has 1 aromatic carbocycles. The average molecular weight is 497 g/mol. The third-order valence-electron chi connectivity index (χ3n) is 6.40. The summed E-state index contributed by atoms with van der Waals surface area (Å²) in [4.78, 5) is 29.0. The van der Waals surface area contributed by atoms with Gasteiger partial charge in [0.2, 0.25) is 20.6 Å². The van der Waals surface area contributed by atoms with E-state index < -0.39 is 39.2 Å². The van der Waals surface area contributed by atoms with Crippen molar-refractivity contribution in [2.24, 2.45) is 17.4 Å². The third kappa shape index (κ3) is 5.55. The number of nitrogens with two attached hydrogens (primary N) is 2. The summed E-state index contributed by atoms with van der Waals surface area (Å²) >= 11 is 0. The highest BCUT2D eigenvalue weighted by atomic mass is 32.2. The number of carbonyl (C=O) groups is 2. The molecule has 2 saturated heterocycles. The number of carboxylic acids is 1. The maximum Gasteiger partial charge on any atom is 0.341 e. The van der Waals surface area contributed by atoms with E-state index in [2.05, 4.69) is 15.7 Å². The monoisotopic (exact) mass is 496 g/mol. The van der Waals surface area contributed by atoms with Crippen LogP contribution in [-0.4, -0.2) is 72.9 Å². The first-order valence-corrected chi connectivity index (χ1v) is 12.5. The number of nitrogens with zero attached hydrogens (tertiary/aromatic N) is 1. The number of likely N-dealkylation sites (tertiary alicyclic amines) is 1. The van der Waals surface area contributed by atoms with Gasteiger partial charge in [0.05, 0.1) is 36.0 Å². The second-order valence-corrected chi connectivity index (χ2v) is 11.1. The van der Waals surface area contributed by atoms with Crippen LogP contribution in [0.2, 0.25) is 0 Å². The molecule has 34 heavy (non-hydrogen) atoms. The van der Waals surface area contributed by atoms with E-state index in [0.29, 0.717) is 6.42 Å². The van der Waals surface area contributed by atoms with Crippen LogP contribution >= 0.6 is 0 Å². The molecule has 0 bridgehead atoms. The van der Waals surface area contributed by atoms with Gasteiger partial charge in [-0.05, 0) is 31.9 Å². The van der Waals surface area contributed by atoms with E-state index in [1.54, 1.807) is 6.92 Å². The molecule has 0 aliphatic carbocycles. The molecule has 0 unspecified atom stereocenters. The van der Waals surface area contributed by atoms with Gasteiger partial charge in [-0.3, -0.25) is 19.9 Å². The van der Waals surface area contributed by atoms with Gasteiger partial charge in [0.25, 0.3) is 0 Å². The summed E-state index contributed by atoms with van der Waals surface area (Å²) in [6.45, 7) is 2.46. The summed E-state index contributed by atoms with van der Waals surface area (Å²) < 4.78 is 25.9. The molecule has 0 aromatic heterocycles. The van der Waals surface area contributed by atoms with E-state index >= 15 is 0 Å². The van der Waals surface area contributed by atoms with E-state index in [1.165, 1.54) is 24.3 Å². The maximum absolute atomic E-state index is 12.9. The Labute approximate surface area is 198 Å². The fourth-order valence-electron chi connectivity index (χ4n) is 4.11. The number of amides is 1. The maximum atomic E-state index is 12.9. The number of hydrogen-bond acceptors (Lipinski definition) is 9. The molecule has 2 heterocycles. The number of sulfone groups is 1. The Bertz CT molecular complexity index is 1020. The van der Waals surface area contributed by atoms with Crippen molar-refractivity contribution in [2.75, 3.05) is 19.6 Å². The molecule has 1 aromatic rings. The smallest absolute Gasteiger partial charge is 0.341 e. The van der Waals surface area contributed by atoms with Gasteiger partial charge in [0.1, 0.15) is 0 Å². The number of carbonyl (C=O) groups excluding carboxylic acids is 1. The summed E-state index contributed by atoms with van der Waals surface area (Å²) in [5.41, 5.74) is 15.1. The minimum absolute atomic E-state index is 0.0853. The van der Waals surface area contributed by atoms with E-state index in [4.69, 9.17) is 21.7 Å². The zero-order valence-electron chi connectivity index (χ0n) is 19.0. The molecule has 12 nitrogen and oxygen atoms in total. The molecule has 2 fully saturated rings. The number of piperidine rings is 1. The van der Waals surface area contributed by atoms with E-state index in [1.807, 2.05) is 0 Å². The summed E-state index contributed by atoms with van der Waals surface area (Å²) in [5.74, 6) is -2.05. The number of hydroxylamine groups is 1. The molecular weight excluding hydrogens is 464 g/mol. The van der Waals surface area contributed by atoms with Crippen LogP contribution < -0.4 is 22.3 Å². The van der Waals surface area contributed by atoms with Crippen LogP contribution in [0.1, 0.15) is 31.2 Å². The highest BCUT2D eigenvalue weighted by Gasteiger charge is 2.49. The molecule has 3 atom stereocenters. The highest BCUT2D eigenvalue weighted by molar-refractivity contribution is 7.93. The van der Waals surface area contributed by atoms with Crippen LogP contribution in [0.4, 0.5) is 0 Å². The fraction of sp³-hybridized carbons (Fsp3) is 0.571.